The topological polar surface area (TPSA) is 21.8 Å². The molecule has 14 rings (SSSR count). The second-order valence-corrected chi connectivity index (χ2v) is 20.5. The lowest BCUT2D eigenvalue weighted by molar-refractivity contribution is -0.0205. The average molecular weight is 609 g/mol. The fraction of sp³-hybridized carbons (Fsp3) is 0.860. The van der Waals surface area contributed by atoms with Crippen LogP contribution in [0.1, 0.15) is 165 Å². The molecule has 1 saturated heterocycles. The van der Waals surface area contributed by atoms with E-state index >= 15 is 0 Å². The summed E-state index contributed by atoms with van der Waals surface area (Å²) in [4.78, 5) is 0. The van der Waals surface area contributed by atoms with Gasteiger partial charge in [0.05, 0.1) is 6.61 Å². The first-order valence-corrected chi connectivity index (χ1v) is 20.3. The standard InChI is InChI=1S/C43H60O2/c1-24(2)38-35(41-14-26-4-27(15-41)6-28(5-26)16-41)13-36(45-25(3)37-23-44-37)39(42-17-29-7-30(18-42)9-31(8-29)19-42)40(38)43-20-32-10-33(21-43)12-34(11-32)22-43/h13,24-34,37H,4-12,14-23H2,1-3H3. The quantitative estimate of drug-likeness (QED) is 0.287. The van der Waals surface area contributed by atoms with Crippen molar-refractivity contribution in [2.24, 2.45) is 53.3 Å². The molecular weight excluding hydrogens is 548 g/mol. The lowest BCUT2D eigenvalue weighted by Gasteiger charge is -2.62. The predicted molar refractivity (Wildman–Crippen MR) is 180 cm³/mol. The van der Waals surface area contributed by atoms with Crippen LogP contribution in [0.25, 0.3) is 0 Å². The average Bonchev–Trinajstić information content (AvgIpc) is 3.80. The molecule has 12 aliphatic carbocycles. The smallest absolute Gasteiger partial charge is 0.124 e. The van der Waals surface area contributed by atoms with Crippen molar-refractivity contribution in [1.29, 1.82) is 0 Å². The molecule has 0 spiro atoms. The van der Waals surface area contributed by atoms with E-state index in [0.29, 0.717) is 28.3 Å². The molecule has 244 valence electrons. The van der Waals surface area contributed by atoms with Gasteiger partial charge in [0.1, 0.15) is 18.0 Å². The molecule has 2 atom stereocenters. The molecule has 2 unspecified atom stereocenters. The summed E-state index contributed by atoms with van der Waals surface area (Å²) >= 11 is 0. The van der Waals surface area contributed by atoms with Crippen molar-refractivity contribution >= 4 is 0 Å². The monoisotopic (exact) mass is 608 g/mol. The first kappa shape index (κ1) is 27.9. The van der Waals surface area contributed by atoms with Crippen LogP contribution in [0.3, 0.4) is 0 Å². The number of epoxide rings is 1. The molecule has 2 heteroatoms. The minimum atomic E-state index is 0.163. The van der Waals surface area contributed by atoms with Crippen LogP contribution >= 0.6 is 0 Å². The number of hydrogen-bond acceptors (Lipinski definition) is 2. The minimum Gasteiger partial charge on any atom is -0.488 e. The number of rotatable bonds is 7. The highest BCUT2D eigenvalue weighted by atomic mass is 16.6. The van der Waals surface area contributed by atoms with E-state index < -0.39 is 0 Å². The van der Waals surface area contributed by atoms with E-state index in [1.54, 1.807) is 0 Å². The molecule has 13 aliphatic rings. The Labute approximate surface area is 273 Å². The zero-order valence-corrected chi connectivity index (χ0v) is 28.8. The Morgan fingerprint density at radius 3 is 1.27 bits per heavy atom. The highest BCUT2D eigenvalue weighted by Crippen LogP contribution is 2.70. The van der Waals surface area contributed by atoms with Gasteiger partial charge in [0, 0.05) is 11.0 Å². The van der Waals surface area contributed by atoms with E-state index in [1.807, 2.05) is 22.3 Å². The number of benzene rings is 1. The van der Waals surface area contributed by atoms with Crippen LogP contribution < -0.4 is 4.74 Å². The van der Waals surface area contributed by atoms with Crippen molar-refractivity contribution in [3.05, 3.63) is 28.3 Å². The molecular formula is C43H60O2. The maximum atomic E-state index is 7.48. The van der Waals surface area contributed by atoms with Crippen LogP contribution in [0.4, 0.5) is 0 Å². The maximum absolute atomic E-state index is 7.48. The molecule has 0 amide bonds. The van der Waals surface area contributed by atoms with Gasteiger partial charge in [-0.05, 0) is 215 Å². The van der Waals surface area contributed by atoms with Crippen molar-refractivity contribution in [2.45, 2.75) is 171 Å². The van der Waals surface area contributed by atoms with Gasteiger partial charge in [0.2, 0.25) is 0 Å². The molecule has 1 aliphatic heterocycles. The predicted octanol–water partition coefficient (Wildman–Crippen LogP) is 10.4. The number of hydrogen-bond donors (Lipinski definition) is 0. The van der Waals surface area contributed by atoms with E-state index in [-0.39, 0.29) is 6.10 Å². The number of ether oxygens (including phenoxy) is 2. The van der Waals surface area contributed by atoms with Gasteiger partial charge in [0.15, 0.2) is 0 Å². The highest BCUT2D eigenvalue weighted by Gasteiger charge is 2.60. The summed E-state index contributed by atoms with van der Waals surface area (Å²) in [5, 5.41) is 0. The molecule has 1 aromatic carbocycles. The summed E-state index contributed by atoms with van der Waals surface area (Å²) in [7, 11) is 0. The summed E-state index contributed by atoms with van der Waals surface area (Å²) in [5.74, 6) is 10.7. The SMILES string of the molecule is CC(C)c1c(C23CC4CC(CC(C4)C2)C3)cc(OC(C)C2CO2)c(C23CC4CC(CC(C4)C2)C3)c1C12CC3CC(CC(C3)C1)C2. The molecule has 0 aromatic heterocycles. The van der Waals surface area contributed by atoms with Crippen molar-refractivity contribution in [1.82, 2.24) is 0 Å². The summed E-state index contributed by atoms with van der Waals surface area (Å²) in [6.07, 6.45) is 27.5. The first-order chi connectivity index (χ1) is 21.8. The van der Waals surface area contributed by atoms with E-state index in [9.17, 15) is 0 Å². The second kappa shape index (κ2) is 9.36. The summed E-state index contributed by atoms with van der Waals surface area (Å²) in [5.41, 5.74) is 8.68. The molecule has 13 fully saturated rings. The summed E-state index contributed by atoms with van der Waals surface area (Å²) in [6.45, 7) is 8.47. The zero-order chi connectivity index (χ0) is 29.9. The van der Waals surface area contributed by atoms with E-state index in [1.165, 1.54) is 121 Å². The molecule has 0 N–H and O–H groups in total. The van der Waals surface area contributed by atoms with Crippen LogP contribution in [0, 0.1) is 53.3 Å². The van der Waals surface area contributed by atoms with Gasteiger partial charge in [-0.3, -0.25) is 0 Å². The molecule has 0 radical (unpaired) electrons. The molecule has 2 nitrogen and oxygen atoms in total. The Hall–Kier alpha value is -1.02. The minimum absolute atomic E-state index is 0.163. The zero-order valence-electron chi connectivity index (χ0n) is 28.8. The van der Waals surface area contributed by atoms with Crippen molar-refractivity contribution in [3.63, 3.8) is 0 Å². The normalized spacial score (nSPS) is 51.8. The van der Waals surface area contributed by atoms with E-state index in [2.05, 4.69) is 26.8 Å². The van der Waals surface area contributed by atoms with E-state index in [4.69, 9.17) is 9.47 Å². The van der Waals surface area contributed by atoms with Crippen molar-refractivity contribution in [3.8, 4) is 5.75 Å². The molecule has 12 saturated carbocycles. The maximum Gasteiger partial charge on any atom is 0.124 e. The highest BCUT2D eigenvalue weighted by molar-refractivity contribution is 5.61. The van der Waals surface area contributed by atoms with Crippen LogP contribution in [0.15, 0.2) is 6.07 Å². The Morgan fingerprint density at radius 1 is 0.556 bits per heavy atom. The Kier molecular flexibility index (Phi) is 5.80. The van der Waals surface area contributed by atoms with Crippen LogP contribution in [0.2, 0.25) is 0 Å². The van der Waals surface area contributed by atoms with E-state index in [0.717, 1.165) is 59.9 Å². The van der Waals surface area contributed by atoms with Gasteiger partial charge in [0.25, 0.3) is 0 Å². The largest absolute Gasteiger partial charge is 0.488 e. The lowest BCUT2D eigenvalue weighted by Crippen LogP contribution is -2.54. The molecule has 1 heterocycles. The lowest BCUT2D eigenvalue weighted by atomic mass is 9.42. The Morgan fingerprint density at radius 2 is 0.911 bits per heavy atom. The molecule has 45 heavy (non-hydrogen) atoms. The summed E-state index contributed by atoms with van der Waals surface area (Å²) in [6, 6.07) is 2.80. The third-order valence-corrected chi connectivity index (χ3v) is 16.9. The summed E-state index contributed by atoms with van der Waals surface area (Å²) < 4.78 is 13.4. The van der Waals surface area contributed by atoms with Gasteiger partial charge in [-0.15, -0.1) is 0 Å². The molecule has 12 bridgehead atoms. The first-order valence-electron chi connectivity index (χ1n) is 20.3. The van der Waals surface area contributed by atoms with Gasteiger partial charge in [-0.2, -0.15) is 0 Å². The Balaban J connectivity index is 1.19. The van der Waals surface area contributed by atoms with Crippen molar-refractivity contribution < 1.29 is 9.47 Å². The fourth-order valence-electron chi connectivity index (χ4n) is 16.8. The van der Waals surface area contributed by atoms with Crippen LogP contribution in [-0.2, 0) is 21.0 Å². The third kappa shape index (κ3) is 4.08. The van der Waals surface area contributed by atoms with Gasteiger partial charge >= 0.3 is 0 Å². The molecule has 1 aromatic rings. The van der Waals surface area contributed by atoms with Gasteiger partial charge in [-0.1, -0.05) is 13.8 Å². The van der Waals surface area contributed by atoms with Gasteiger partial charge < -0.3 is 9.47 Å². The van der Waals surface area contributed by atoms with Crippen molar-refractivity contribution in [2.75, 3.05) is 6.61 Å². The van der Waals surface area contributed by atoms with Crippen LogP contribution in [-0.4, -0.2) is 18.8 Å². The Bertz CT molecular complexity index is 1290. The van der Waals surface area contributed by atoms with Crippen LogP contribution in [0.5, 0.6) is 5.75 Å². The second-order valence-electron chi connectivity index (χ2n) is 20.5. The van der Waals surface area contributed by atoms with Gasteiger partial charge in [-0.25, -0.2) is 0 Å². The fourth-order valence-corrected chi connectivity index (χ4v) is 16.8. The third-order valence-electron chi connectivity index (χ3n) is 16.9.